The van der Waals surface area contributed by atoms with Crippen LogP contribution >= 0.6 is 15.9 Å². The zero-order valence-electron chi connectivity index (χ0n) is 15.9. The fourth-order valence-electron chi connectivity index (χ4n) is 3.04. The standard InChI is InChI=1S/C24H18BrNO4/c25-19-12-11-18-21(29-14-16-7-3-1-4-8-16)13-20(24(27)28)26-22(18)23(19)30-15-17-9-5-2-6-10-17/h1-13H,14-15H2,(H,27,28). The number of halogens is 1. The molecule has 4 rings (SSSR count). The number of aromatic nitrogens is 1. The third-order valence-corrected chi connectivity index (χ3v) is 5.16. The first-order valence-corrected chi connectivity index (χ1v) is 10.1. The van der Waals surface area contributed by atoms with Crippen molar-refractivity contribution in [2.24, 2.45) is 0 Å². The van der Waals surface area contributed by atoms with Crippen LogP contribution in [0.25, 0.3) is 10.9 Å². The van der Waals surface area contributed by atoms with Crippen molar-refractivity contribution < 1.29 is 19.4 Å². The summed E-state index contributed by atoms with van der Waals surface area (Å²) < 4.78 is 12.7. The SMILES string of the molecule is O=C(O)c1cc(OCc2ccccc2)c2ccc(Br)c(OCc3ccccc3)c2n1. The van der Waals surface area contributed by atoms with Gasteiger partial charge in [-0.3, -0.25) is 0 Å². The molecule has 3 aromatic carbocycles. The van der Waals surface area contributed by atoms with E-state index in [1.165, 1.54) is 6.07 Å². The molecule has 30 heavy (non-hydrogen) atoms. The zero-order chi connectivity index (χ0) is 20.9. The molecule has 0 bridgehead atoms. The van der Waals surface area contributed by atoms with E-state index in [1.54, 1.807) is 0 Å². The van der Waals surface area contributed by atoms with Gasteiger partial charge in [-0.05, 0) is 39.2 Å². The summed E-state index contributed by atoms with van der Waals surface area (Å²) in [7, 11) is 0. The number of rotatable bonds is 7. The van der Waals surface area contributed by atoms with Crippen LogP contribution in [0, 0.1) is 0 Å². The monoisotopic (exact) mass is 463 g/mol. The van der Waals surface area contributed by atoms with E-state index in [1.807, 2.05) is 72.8 Å². The number of pyridine rings is 1. The summed E-state index contributed by atoms with van der Waals surface area (Å²) in [5, 5.41) is 10.2. The summed E-state index contributed by atoms with van der Waals surface area (Å²) in [6.45, 7) is 0.646. The van der Waals surface area contributed by atoms with Gasteiger partial charge in [0.25, 0.3) is 0 Å². The molecule has 1 aromatic heterocycles. The lowest BCUT2D eigenvalue weighted by molar-refractivity contribution is 0.0690. The molecule has 5 nitrogen and oxygen atoms in total. The van der Waals surface area contributed by atoms with Crippen molar-refractivity contribution in [3.63, 3.8) is 0 Å². The maximum atomic E-state index is 11.7. The van der Waals surface area contributed by atoms with E-state index >= 15 is 0 Å². The fourth-order valence-corrected chi connectivity index (χ4v) is 3.48. The van der Waals surface area contributed by atoms with Crippen LogP contribution in [0.15, 0.2) is 83.3 Å². The van der Waals surface area contributed by atoms with Gasteiger partial charge in [0.1, 0.15) is 24.5 Å². The van der Waals surface area contributed by atoms with E-state index in [0.29, 0.717) is 40.1 Å². The van der Waals surface area contributed by atoms with Crippen LogP contribution in [0.4, 0.5) is 0 Å². The van der Waals surface area contributed by atoms with Gasteiger partial charge in [-0.15, -0.1) is 0 Å². The molecule has 4 aromatic rings. The van der Waals surface area contributed by atoms with Crippen molar-refractivity contribution in [1.82, 2.24) is 4.98 Å². The fraction of sp³-hybridized carbons (Fsp3) is 0.0833. The second-order valence-electron chi connectivity index (χ2n) is 6.63. The maximum absolute atomic E-state index is 11.7. The lowest BCUT2D eigenvalue weighted by Gasteiger charge is -2.15. The van der Waals surface area contributed by atoms with Gasteiger partial charge >= 0.3 is 5.97 Å². The summed E-state index contributed by atoms with van der Waals surface area (Å²) in [5.41, 5.74) is 2.31. The first-order chi connectivity index (χ1) is 14.6. The Kier molecular flexibility index (Phi) is 5.95. The summed E-state index contributed by atoms with van der Waals surface area (Å²) in [5.74, 6) is -0.210. The van der Waals surface area contributed by atoms with E-state index in [4.69, 9.17) is 9.47 Å². The molecule has 0 saturated heterocycles. The Balaban J connectivity index is 1.73. The van der Waals surface area contributed by atoms with Crippen LogP contribution in [0.1, 0.15) is 21.6 Å². The lowest BCUT2D eigenvalue weighted by atomic mass is 10.1. The molecule has 0 aliphatic rings. The molecule has 0 aliphatic heterocycles. The number of hydrogen-bond acceptors (Lipinski definition) is 4. The first kappa shape index (κ1) is 19.9. The van der Waals surface area contributed by atoms with Crippen LogP contribution in [0.5, 0.6) is 11.5 Å². The number of benzene rings is 3. The van der Waals surface area contributed by atoms with Crippen molar-refractivity contribution >= 4 is 32.8 Å². The molecule has 0 unspecified atom stereocenters. The molecular weight excluding hydrogens is 446 g/mol. The second kappa shape index (κ2) is 8.97. The Hall–Kier alpha value is -3.38. The first-order valence-electron chi connectivity index (χ1n) is 9.32. The third kappa shape index (κ3) is 4.44. The van der Waals surface area contributed by atoms with Gasteiger partial charge in [-0.2, -0.15) is 0 Å². The smallest absolute Gasteiger partial charge is 0.354 e. The minimum absolute atomic E-state index is 0.103. The molecular formula is C24H18BrNO4. The molecule has 0 amide bonds. The molecule has 0 saturated carbocycles. The Bertz CT molecular complexity index is 1180. The van der Waals surface area contributed by atoms with Gasteiger partial charge in [-0.1, -0.05) is 60.7 Å². The Morgan fingerprint density at radius 3 is 2.07 bits per heavy atom. The number of carboxylic acids is 1. The normalized spacial score (nSPS) is 10.7. The van der Waals surface area contributed by atoms with E-state index < -0.39 is 5.97 Å². The van der Waals surface area contributed by atoms with Crippen LogP contribution in [-0.4, -0.2) is 16.1 Å². The highest BCUT2D eigenvalue weighted by molar-refractivity contribution is 9.10. The lowest BCUT2D eigenvalue weighted by Crippen LogP contribution is -2.05. The summed E-state index contributed by atoms with van der Waals surface area (Å²) in [6, 6.07) is 24.6. The number of carbonyl (C=O) groups is 1. The van der Waals surface area contributed by atoms with Crippen LogP contribution in [0.3, 0.4) is 0 Å². The molecule has 0 aliphatic carbocycles. The van der Waals surface area contributed by atoms with Gasteiger partial charge in [0.05, 0.1) is 4.47 Å². The Morgan fingerprint density at radius 2 is 1.47 bits per heavy atom. The van der Waals surface area contributed by atoms with E-state index in [9.17, 15) is 9.90 Å². The Morgan fingerprint density at radius 1 is 0.867 bits per heavy atom. The predicted octanol–water partition coefficient (Wildman–Crippen LogP) is 5.85. The molecule has 0 fully saturated rings. The van der Waals surface area contributed by atoms with Crippen molar-refractivity contribution in [3.05, 3.63) is 100 Å². The van der Waals surface area contributed by atoms with Crippen LogP contribution < -0.4 is 9.47 Å². The third-order valence-electron chi connectivity index (χ3n) is 4.53. The molecule has 0 atom stereocenters. The second-order valence-corrected chi connectivity index (χ2v) is 7.49. The molecule has 150 valence electrons. The largest absolute Gasteiger partial charge is 0.488 e. The van der Waals surface area contributed by atoms with Gasteiger partial charge in [0.15, 0.2) is 11.4 Å². The van der Waals surface area contributed by atoms with Crippen LogP contribution in [0.2, 0.25) is 0 Å². The number of aromatic carboxylic acids is 1. The van der Waals surface area contributed by atoms with Gasteiger partial charge in [-0.25, -0.2) is 9.78 Å². The van der Waals surface area contributed by atoms with Crippen LogP contribution in [-0.2, 0) is 13.2 Å². The van der Waals surface area contributed by atoms with Crippen molar-refractivity contribution in [2.75, 3.05) is 0 Å². The topological polar surface area (TPSA) is 68.7 Å². The molecule has 1 N–H and O–H groups in total. The number of carboxylic acid groups (broad SMARTS) is 1. The van der Waals surface area contributed by atoms with Crippen molar-refractivity contribution in [2.45, 2.75) is 13.2 Å². The predicted molar refractivity (Wildman–Crippen MR) is 118 cm³/mol. The minimum Gasteiger partial charge on any atom is -0.488 e. The van der Waals surface area contributed by atoms with E-state index in [0.717, 1.165) is 11.1 Å². The average molecular weight is 464 g/mol. The van der Waals surface area contributed by atoms with Gasteiger partial charge < -0.3 is 14.6 Å². The summed E-state index contributed by atoms with van der Waals surface area (Å²) >= 11 is 3.50. The number of ether oxygens (including phenoxy) is 2. The quantitative estimate of drug-likeness (QED) is 0.372. The minimum atomic E-state index is -1.13. The molecule has 0 radical (unpaired) electrons. The Labute approximate surface area is 182 Å². The van der Waals surface area contributed by atoms with E-state index in [2.05, 4.69) is 20.9 Å². The number of fused-ring (bicyclic) bond motifs is 1. The van der Waals surface area contributed by atoms with Gasteiger partial charge in [0.2, 0.25) is 0 Å². The van der Waals surface area contributed by atoms with Crippen molar-refractivity contribution in [1.29, 1.82) is 0 Å². The highest BCUT2D eigenvalue weighted by atomic mass is 79.9. The zero-order valence-corrected chi connectivity index (χ0v) is 17.5. The van der Waals surface area contributed by atoms with Crippen molar-refractivity contribution in [3.8, 4) is 11.5 Å². The van der Waals surface area contributed by atoms with E-state index in [-0.39, 0.29) is 5.69 Å². The molecule has 1 heterocycles. The number of hydrogen-bond donors (Lipinski definition) is 1. The molecule has 6 heteroatoms. The number of nitrogens with zero attached hydrogens (tertiary/aromatic N) is 1. The molecule has 0 spiro atoms. The van der Waals surface area contributed by atoms with Gasteiger partial charge in [0, 0.05) is 11.5 Å². The summed E-state index contributed by atoms with van der Waals surface area (Å²) in [4.78, 5) is 16.0. The average Bonchev–Trinajstić information content (AvgIpc) is 2.78. The highest BCUT2D eigenvalue weighted by Gasteiger charge is 2.17. The maximum Gasteiger partial charge on any atom is 0.354 e. The highest BCUT2D eigenvalue weighted by Crippen LogP contribution is 2.38. The summed E-state index contributed by atoms with van der Waals surface area (Å²) in [6.07, 6.45) is 0.